The Bertz CT molecular complexity index is 472. The second-order valence-electron chi connectivity index (χ2n) is 11.5. The first kappa shape index (κ1) is 22.1. The fraction of sp³-hybridized carbons (Fsp3) is 0.700. The van der Waals surface area contributed by atoms with Crippen LogP contribution in [0.25, 0.3) is 0 Å². The van der Waals surface area contributed by atoms with Crippen molar-refractivity contribution in [2.24, 2.45) is 0 Å². The fourth-order valence-electron chi connectivity index (χ4n) is 4.63. The van der Waals surface area contributed by atoms with E-state index in [0.717, 1.165) is 6.42 Å². The van der Waals surface area contributed by atoms with Crippen LogP contribution in [0.3, 0.4) is 0 Å². The first-order valence-corrected chi connectivity index (χ1v) is 23.5. The number of benzene rings is 1. The lowest BCUT2D eigenvalue weighted by Gasteiger charge is -2.44. The molecule has 0 aliphatic carbocycles. The van der Waals surface area contributed by atoms with E-state index in [2.05, 4.69) is 90.1 Å². The summed E-state index contributed by atoms with van der Waals surface area (Å²) in [5.41, 5.74) is 6.25. The van der Waals surface area contributed by atoms with E-state index in [-0.39, 0.29) is 0 Å². The van der Waals surface area contributed by atoms with Crippen LogP contribution >= 0.6 is 0 Å². The second kappa shape index (κ2) is 7.76. The molecular weight excluding hydrogens is 353 g/mol. The maximum absolute atomic E-state index is 2.60. The zero-order chi connectivity index (χ0) is 18.8. The van der Waals surface area contributed by atoms with Crippen LogP contribution in [0.1, 0.15) is 12.5 Å². The van der Waals surface area contributed by atoms with Gasteiger partial charge in [0.25, 0.3) is 0 Å². The monoisotopic (exact) mass is 394 g/mol. The summed E-state index contributed by atoms with van der Waals surface area (Å²) in [6, 6.07) is 9.95. The average molecular weight is 395 g/mol. The first-order valence-electron chi connectivity index (χ1n) is 9.75. The van der Waals surface area contributed by atoms with Gasteiger partial charge in [-0.15, -0.1) is 0 Å². The van der Waals surface area contributed by atoms with Gasteiger partial charge in [0.1, 0.15) is 0 Å². The molecule has 0 atom stereocenters. The molecule has 0 spiro atoms. The Morgan fingerprint density at radius 2 is 0.917 bits per heavy atom. The Labute approximate surface area is 156 Å². The summed E-state index contributed by atoms with van der Waals surface area (Å²) in [5, 5.41) is 1.78. The number of hydrogen-bond donors (Lipinski definition) is 0. The van der Waals surface area contributed by atoms with Crippen molar-refractivity contribution in [1.29, 1.82) is 0 Å². The van der Waals surface area contributed by atoms with Crippen molar-refractivity contribution in [3.05, 3.63) is 29.8 Å². The van der Waals surface area contributed by atoms with Crippen LogP contribution < -0.4 is 5.19 Å². The molecule has 0 radical (unpaired) electrons. The van der Waals surface area contributed by atoms with E-state index in [1.54, 1.807) is 22.2 Å². The van der Waals surface area contributed by atoms with Crippen LogP contribution in [0.2, 0.25) is 75.9 Å². The molecule has 0 fully saturated rings. The second-order valence-corrected chi connectivity index (χ2v) is 34.3. The molecule has 1 aromatic rings. The zero-order valence-corrected chi connectivity index (χ0v) is 22.1. The molecule has 1 rings (SSSR count). The standard InChI is InChI=1S/C20H42Si4/c1-11-19-12-14-20(15-13-19)24(16-21(2,3)4,17-22(5,6)7)18-23(8,9)10/h12-15H,11,16-18H2,1-10H3. The summed E-state index contributed by atoms with van der Waals surface area (Å²) in [4.78, 5) is 0. The van der Waals surface area contributed by atoms with Crippen molar-refractivity contribution in [2.45, 2.75) is 89.3 Å². The van der Waals surface area contributed by atoms with Crippen LogP contribution in [0.5, 0.6) is 0 Å². The Morgan fingerprint density at radius 1 is 0.583 bits per heavy atom. The van der Waals surface area contributed by atoms with E-state index in [4.69, 9.17) is 0 Å². The van der Waals surface area contributed by atoms with E-state index < -0.39 is 32.3 Å². The molecule has 138 valence electrons. The minimum absolute atomic E-state index is 1.09. The van der Waals surface area contributed by atoms with Crippen molar-refractivity contribution in [1.82, 2.24) is 0 Å². The maximum atomic E-state index is 2.60. The molecule has 0 amide bonds. The van der Waals surface area contributed by atoms with Crippen LogP contribution in [0.4, 0.5) is 0 Å². The van der Waals surface area contributed by atoms with Gasteiger partial charge < -0.3 is 0 Å². The Hall–Kier alpha value is 0.0875. The smallest absolute Gasteiger partial charge is 0.0697 e. The van der Waals surface area contributed by atoms with Crippen molar-refractivity contribution in [2.75, 3.05) is 0 Å². The predicted molar refractivity (Wildman–Crippen MR) is 126 cm³/mol. The van der Waals surface area contributed by atoms with E-state index in [1.807, 2.05) is 0 Å². The van der Waals surface area contributed by atoms with Crippen molar-refractivity contribution < 1.29 is 0 Å². The van der Waals surface area contributed by atoms with Crippen LogP contribution in [-0.2, 0) is 6.42 Å². The summed E-state index contributed by atoms with van der Waals surface area (Å²) in [7, 11) is -4.70. The largest absolute Gasteiger partial charge is 0.0790 e. The predicted octanol–water partition coefficient (Wildman–Crippen LogP) is 6.54. The van der Waals surface area contributed by atoms with E-state index >= 15 is 0 Å². The van der Waals surface area contributed by atoms with Gasteiger partial charge in [-0.25, -0.2) is 0 Å². The topological polar surface area (TPSA) is 0 Å². The summed E-state index contributed by atoms with van der Waals surface area (Å²) in [6.45, 7) is 25.7. The molecule has 0 saturated heterocycles. The average Bonchev–Trinajstić information content (AvgIpc) is 2.32. The normalized spacial score (nSPS) is 14.1. The molecule has 0 bridgehead atoms. The molecular formula is C20H42Si4. The molecule has 0 heterocycles. The molecule has 0 aliphatic heterocycles. The van der Waals surface area contributed by atoms with E-state index in [0.29, 0.717) is 0 Å². The number of aryl methyl sites for hydroxylation is 1. The zero-order valence-electron chi connectivity index (χ0n) is 18.1. The first-order chi connectivity index (χ1) is 10.7. The third kappa shape index (κ3) is 7.54. The summed E-state index contributed by atoms with van der Waals surface area (Å²) < 4.78 is 0. The Morgan fingerprint density at radius 3 is 1.17 bits per heavy atom. The number of rotatable bonds is 8. The fourth-order valence-corrected chi connectivity index (χ4v) is 37.2. The van der Waals surface area contributed by atoms with Crippen LogP contribution in [0.15, 0.2) is 24.3 Å². The molecule has 1 aromatic carbocycles. The highest BCUT2D eigenvalue weighted by atomic mass is 28.4. The SMILES string of the molecule is CCc1ccc([Si](C[Si](C)(C)C)(C[Si](C)(C)C)C[Si](C)(C)C)cc1. The third-order valence-electron chi connectivity index (χ3n) is 4.58. The minimum atomic E-state index is -1.43. The lowest BCUT2D eigenvalue weighted by atomic mass is 10.2. The highest BCUT2D eigenvalue weighted by Crippen LogP contribution is 2.34. The Kier molecular flexibility index (Phi) is 7.16. The third-order valence-corrected chi connectivity index (χ3v) is 27.0. The van der Waals surface area contributed by atoms with Gasteiger partial charge in [-0.1, -0.05) is 112 Å². The lowest BCUT2D eigenvalue weighted by molar-refractivity contribution is 1.14. The summed E-state index contributed by atoms with van der Waals surface area (Å²) in [5.74, 6) is 0. The molecule has 0 unspecified atom stereocenters. The molecule has 0 aromatic heterocycles. The molecule has 0 nitrogen and oxygen atoms in total. The van der Waals surface area contributed by atoms with Crippen molar-refractivity contribution in [3.63, 3.8) is 0 Å². The maximum Gasteiger partial charge on any atom is 0.0790 e. The van der Waals surface area contributed by atoms with Gasteiger partial charge in [0, 0.05) is 24.2 Å². The van der Waals surface area contributed by atoms with Gasteiger partial charge >= 0.3 is 0 Å². The summed E-state index contributed by atoms with van der Waals surface area (Å²) in [6.07, 6.45) is 1.16. The highest BCUT2D eigenvalue weighted by molar-refractivity contribution is 7.13. The Balaban J connectivity index is 3.47. The van der Waals surface area contributed by atoms with Crippen molar-refractivity contribution in [3.8, 4) is 0 Å². The van der Waals surface area contributed by atoms with Crippen LogP contribution in [-0.4, -0.2) is 32.3 Å². The number of hydrogen-bond acceptors (Lipinski definition) is 0. The molecule has 4 heteroatoms. The van der Waals surface area contributed by atoms with Gasteiger partial charge in [0.2, 0.25) is 0 Å². The van der Waals surface area contributed by atoms with Gasteiger partial charge in [0.15, 0.2) is 0 Å². The van der Waals surface area contributed by atoms with E-state index in [1.165, 1.54) is 5.56 Å². The quantitative estimate of drug-likeness (QED) is 0.439. The van der Waals surface area contributed by atoms with Gasteiger partial charge in [-0.2, -0.15) is 0 Å². The van der Waals surface area contributed by atoms with Gasteiger partial charge in [-0.3, -0.25) is 0 Å². The molecule has 0 N–H and O–H groups in total. The van der Waals surface area contributed by atoms with Crippen molar-refractivity contribution >= 4 is 37.5 Å². The summed E-state index contributed by atoms with van der Waals surface area (Å²) >= 11 is 0. The van der Waals surface area contributed by atoms with Gasteiger partial charge in [0.05, 0.1) is 8.07 Å². The highest BCUT2D eigenvalue weighted by Gasteiger charge is 2.44. The minimum Gasteiger partial charge on any atom is -0.0697 e. The van der Waals surface area contributed by atoms with E-state index in [9.17, 15) is 0 Å². The van der Waals surface area contributed by atoms with Gasteiger partial charge in [-0.05, 0) is 12.0 Å². The molecule has 24 heavy (non-hydrogen) atoms. The molecule has 0 aliphatic rings. The molecule has 0 saturated carbocycles. The van der Waals surface area contributed by atoms with Crippen LogP contribution in [0, 0.1) is 0 Å². The lowest BCUT2D eigenvalue weighted by Crippen LogP contribution is -2.59.